The van der Waals surface area contributed by atoms with Crippen LogP contribution in [-0.2, 0) is 6.42 Å². The number of aryl methyl sites for hydroxylation is 2. The normalized spacial score (nSPS) is 25.7. The average molecular weight is 350 g/mol. The summed E-state index contributed by atoms with van der Waals surface area (Å²) < 4.78 is 0. The summed E-state index contributed by atoms with van der Waals surface area (Å²) >= 11 is 0. The molecule has 0 saturated carbocycles. The highest BCUT2D eigenvalue weighted by atomic mass is 15.3. The van der Waals surface area contributed by atoms with E-state index in [1.165, 1.54) is 36.2 Å². The van der Waals surface area contributed by atoms with E-state index < -0.39 is 0 Å². The van der Waals surface area contributed by atoms with Crippen molar-refractivity contribution in [3.63, 3.8) is 0 Å². The number of nitrogens with zero attached hydrogens (tertiary/aromatic N) is 3. The molecule has 138 valence electrons. The lowest BCUT2D eigenvalue weighted by atomic mass is 9.80. The van der Waals surface area contributed by atoms with Crippen LogP contribution in [0.3, 0.4) is 0 Å². The third-order valence-corrected chi connectivity index (χ3v) is 6.53. The van der Waals surface area contributed by atoms with Crippen molar-refractivity contribution >= 4 is 5.69 Å². The second-order valence-electron chi connectivity index (χ2n) is 8.55. The summed E-state index contributed by atoms with van der Waals surface area (Å²) in [7, 11) is 2.28. The van der Waals surface area contributed by atoms with Gasteiger partial charge in [-0.15, -0.1) is 0 Å². The summed E-state index contributed by atoms with van der Waals surface area (Å²) in [5.41, 5.74) is 7.04. The second-order valence-corrected chi connectivity index (χ2v) is 8.55. The molecule has 2 aliphatic rings. The Labute approximate surface area is 158 Å². The Morgan fingerprint density at radius 1 is 1.19 bits per heavy atom. The van der Waals surface area contributed by atoms with Crippen LogP contribution in [0.2, 0.25) is 0 Å². The lowest BCUT2D eigenvalue weighted by Gasteiger charge is -2.41. The van der Waals surface area contributed by atoms with E-state index in [4.69, 9.17) is 0 Å². The van der Waals surface area contributed by atoms with E-state index in [2.05, 4.69) is 72.9 Å². The molecular weight excluding hydrogens is 318 g/mol. The summed E-state index contributed by atoms with van der Waals surface area (Å²) in [6.07, 6.45) is 5.64. The molecule has 2 aromatic rings. The maximum atomic E-state index is 4.48. The van der Waals surface area contributed by atoms with Crippen molar-refractivity contribution in [2.24, 2.45) is 0 Å². The number of rotatable bonds is 3. The summed E-state index contributed by atoms with van der Waals surface area (Å²) in [5, 5.41) is 0. The van der Waals surface area contributed by atoms with Crippen LogP contribution in [-0.4, -0.2) is 42.1 Å². The van der Waals surface area contributed by atoms with Crippen molar-refractivity contribution in [1.82, 2.24) is 9.88 Å². The van der Waals surface area contributed by atoms with Gasteiger partial charge in [0, 0.05) is 42.1 Å². The van der Waals surface area contributed by atoms with Gasteiger partial charge in [-0.3, -0.25) is 4.98 Å². The highest BCUT2D eigenvalue weighted by Crippen LogP contribution is 2.51. The molecule has 0 radical (unpaired) electrons. The first-order chi connectivity index (χ1) is 12.5. The van der Waals surface area contributed by atoms with Crippen molar-refractivity contribution in [3.05, 3.63) is 58.9 Å². The number of benzene rings is 1. The highest BCUT2D eigenvalue weighted by molar-refractivity contribution is 5.65. The summed E-state index contributed by atoms with van der Waals surface area (Å²) in [4.78, 5) is 9.72. The highest BCUT2D eigenvalue weighted by Gasteiger charge is 2.48. The number of anilines is 1. The van der Waals surface area contributed by atoms with Crippen LogP contribution in [0.1, 0.15) is 48.1 Å². The van der Waals surface area contributed by atoms with Crippen LogP contribution in [0.5, 0.6) is 0 Å². The molecule has 26 heavy (non-hydrogen) atoms. The first kappa shape index (κ1) is 17.5. The van der Waals surface area contributed by atoms with Crippen LogP contribution in [0.25, 0.3) is 0 Å². The van der Waals surface area contributed by atoms with Gasteiger partial charge in [0.15, 0.2) is 0 Å². The van der Waals surface area contributed by atoms with Crippen LogP contribution < -0.4 is 4.90 Å². The predicted molar refractivity (Wildman–Crippen MR) is 109 cm³/mol. The van der Waals surface area contributed by atoms with Crippen LogP contribution >= 0.6 is 0 Å². The molecule has 1 saturated heterocycles. The minimum atomic E-state index is 0.221. The SMILES string of the molecule is Cc1ccc2c(c1)[C@@H]1CN(C)CCC[C@]1(C)N2CCc1ccc(C)nc1. The van der Waals surface area contributed by atoms with Crippen molar-refractivity contribution in [1.29, 1.82) is 0 Å². The fourth-order valence-electron chi connectivity index (χ4n) is 4.97. The van der Waals surface area contributed by atoms with E-state index in [-0.39, 0.29) is 5.54 Å². The molecule has 2 atom stereocenters. The Hall–Kier alpha value is -1.87. The van der Waals surface area contributed by atoms with Crippen LogP contribution in [0.15, 0.2) is 36.5 Å². The molecule has 3 nitrogen and oxygen atoms in total. The van der Waals surface area contributed by atoms with Crippen molar-refractivity contribution in [3.8, 4) is 0 Å². The number of fused-ring (bicyclic) bond motifs is 3. The van der Waals surface area contributed by atoms with Gasteiger partial charge in [-0.05, 0) is 76.9 Å². The molecule has 1 aromatic carbocycles. The van der Waals surface area contributed by atoms with Crippen molar-refractivity contribution in [2.45, 2.75) is 51.5 Å². The van der Waals surface area contributed by atoms with E-state index in [1.807, 2.05) is 6.20 Å². The number of likely N-dealkylation sites (tertiary alicyclic amines) is 1. The van der Waals surface area contributed by atoms with Gasteiger partial charge in [-0.2, -0.15) is 0 Å². The van der Waals surface area contributed by atoms with E-state index in [0.29, 0.717) is 5.92 Å². The van der Waals surface area contributed by atoms with Gasteiger partial charge in [-0.1, -0.05) is 23.8 Å². The zero-order valence-electron chi connectivity index (χ0n) is 16.6. The molecule has 0 unspecified atom stereocenters. The van der Waals surface area contributed by atoms with Crippen LogP contribution in [0.4, 0.5) is 5.69 Å². The van der Waals surface area contributed by atoms with Crippen molar-refractivity contribution in [2.75, 3.05) is 31.6 Å². The fraction of sp³-hybridized carbons (Fsp3) is 0.522. The van der Waals surface area contributed by atoms with Gasteiger partial charge in [0.1, 0.15) is 0 Å². The summed E-state index contributed by atoms with van der Waals surface area (Å²) in [6, 6.07) is 11.4. The van der Waals surface area contributed by atoms with Gasteiger partial charge in [0.25, 0.3) is 0 Å². The summed E-state index contributed by atoms with van der Waals surface area (Å²) in [6.45, 7) is 10.2. The molecular formula is C23H31N3. The minimum absolute atomic E-state index is 0.221. The number of hydrogen-bond acceptors (Lipinski definition) is 3. The van der Waals surface area contributed by atoms with Gasteiger partial charge in [-0.25, -0.2) is 0 Å². The second kappa shape index (κ2) is 6.70. The Morgan fingerprint density at radius 2 is 2.04 bits per heavy atom. The molecule has 1 aromatic heterocycles. The fourth-order valence-corrected chi connectivity index (χ4v) is 4.97. The zero-order valence-corrected chi connectivity index (χ0v) is 16.6. The maximum Gasteiger partial charge on any atom is 0.0456 e. The molecule has 0 aliphatic carbocycles. The average Bonchev–Trinajstić information content (AvgIpc) is 2.72. The van der Waals surface area contributed by atoms with E-state index in [1.54, 1.807) is 5.56 Å². The third kappa shape index (κ3) is 3.03. The van der Waals surface area contributed by atoms with Gasteiger partial charge >= 0.3 is 0 Å². The van der Waals surface area contributed by atoms with E-state index in [9.17, 15) is 0 Å². The maximum absolute atomic E-state index is 4.48. The van der Waals surface area contributed by atoms with Gasteiger partial charge < -0.3 is 9.80 Å². The molecule has 0 bridgehead atoms. The Kier molecular flexibility index (Phi) is 4.52. The largest absolute Gasteiger partial charge is 0.365 e. The zero-order chi connectivity index (χ0) is 18.3. The predicted octanol–water partition coefficient (Wildman–Crippen LogP) is 4.33. The third-order valence-electron chi connectivity index (χ3n) is 6.53. The van der Waals surface area contributed by atoms with Gasteiger partial charge in [0.2, 0.25) is 0 Å². The van der Waals surface area contributed by atoms with E-state index >= 15 is 0 Å². The molecule has 3 heteroatoms. The lowest BCUT2D eigenvalue weighted by Crippen LogP contribution is -2.48. The summed E-state index contributed by atoms with van der Waals surface area (Å²) in [5.74, 6) is 0.598. The number of likely N-dealkylation sites (N-methyl/N-ethyl adjacent to an activating group) is 1. The standard InChI is InChI=1S/C23H31N3/c1-17-6-9-22-20(14-17)21-16-25(4)12-5-11-23(21,3)26(22)13-10-19-8-7-18(2)24-15-19/h6-9,14-15,21H,5,10-13,16H2,1-4H3/t21-,23-/m0/s1. The smallest absolute Gasteiger partial charge is 0.0456 e. The molecule has 0 spiro atoms. The minimum Gasteiger partial charge on any atom is -0.365 e. The molecule has 0 amide bonds. The molecule has 4 rings (SSSR count). The Balaban J connectivity index is 1.67. The molecule has 1 fully saturated rings. The number of aromatic nitrogens is 1. The molecule has 2 aliphatic heterocycles. The molecule has 0 N–H and O–H groups in total. The van der Waals surface area contributed by atoms with Crippen LogP contribution in [0, 0.1) is 13.8 Å². The Bertz CT molecular complexity index is 783. The monoisotopic (exact) mass is 349 g/mol. The number of hydrogen-bond donors (Lipinski definition) is 0. The quantitative estimate of drug-likeness (QED) is 0.822. The topological polar surface area (TPSA) is 19.4 Å². The number of pyridine rings is 1. The van der Waals surface area contributed by atoms with Gasteiger partial charge in [0.05, 0.1) is 0 Å². The Morgan fingerprint density at radius 3 is 2.81 bits per heavy atom. The molecule has 3 heterocycles. The first-order valence-corrected chi connectivity index (χ1v) is 9.96. The first-order valence-electron chi connectivity index (χ1n) is 9.96. The van der Waals surface area contributed by atoms with Crippen molar-refractivity contribution < 1.29 is 0 Å². The van der Waals surface area contributed by atoms with E-state index in [0.717, 1.165) is 25.2 Å². The lowest BCUT2D eigenvalue weighted by molar-refractivity contribution is 0.302.